The first-order chi connectivity index (χ1) is 12.2. The molecule has 1 aliphatic heterocycles. The molecule has 0 spiro atoms. The lowest BCUT2D eigenvalue weighted by Crippen LogP contribution is -2.27. The lowest BCUT2D eigenvalue weighted by molar-refractivity contribution is -0.145. The van der Waals surface area contributed by atoms with Gasteiger partial charge in [0.05, 0.1) is 12.3 Å². The van der Waals surface area contributed by atoms with Crippen LogP contribution in [0.1, 0.15) is 51.7 Å². The van der Waals surface area contributed by atoms with Gasteiger partial charge >= 0.3 is 12.6 Å². The zero-order chi connectivity index (χ0) is 19.3. The summed E-state index contributed by atoms with van der Waals surface area (Å²) in [5.74, 6) is 0.0858. The predicted octanol–water partition coefficient (Wildman–Crippen LogP) is 4.80. The summed E-state index contributed by atoms with van der Waals surface area (Å²) < 4.78 is 35.1. The van der Waals surface area contributed by atoms with Crippen molar-refractivity contribution in [1.29, 1.82) is 0 Å². The van der Waals surface area contributed by atoms with Gasteiger partial charge in [-0.25, -0.2) is 0 Å². The molecule has 1 unspecified atom stereocenters. The lowest BCUT2D eigenvalue weighted by atomic mass is 9.74. The Bertz CT molecular complexity index is 626. The number of carbonyl (C=O) groups is 1. The van der Waals surface area contributed by atoms with E-state index >= 15 is 0 Å². The molecule has 0 amide bonds. The van der Waals surface area contributed by atoms with Crippen LogP contribution in [0.15, 0.2) is 12.1 Å². The van der Waals surface area contributed by atoms with Crippen LogP contribution >= 0.6 is 0 Å². The van der Waals surface area contributed by atoms with E-state index in [1.807, 2.05) is 6.07 Å². The van der Waals surface area contributed by atoms with Crippen LogP contribution in [0.5, 0.6) is 5.75 Å². The third kappa shape index (κ3) is 5.32. The van der Waals surface area contributed by atoms with Gasteiger partial charge in [0, 0.05) is 13.0 Å². The van der Waals surface area contributed by atoms with Crippen molar-refractivity contribution in [2.45, 2.75) is 60.0 Å². The second kappa shape index (κ2) is 8.69. The van der Waals surface area contributed by atoms with Crippen molar-refractivity contribution in [3.63, 3.8) is 0 Å². The molecule has 146 valence electrons. The largest absolute Gasteiger partial charge is 0.466 e. The average Bonchev–Trinajstić information content (AvgIpc) is 2.55. The molecular weight excluding hydrogens is 340 g/mol. The Labute approximate surface area is 154 Å². The van der Waals surface area contributed by atoms with Crippen molar-refractivity contribution in [3.05, 3.63) is 23.3 Å². The topological polar surface area (TPSA) is 47.6 Å². The fourth-order valence-corrected chi connectivity index (χ4v) is 3.38. The fraction of sp³-hybridized carbons (Fsp3) is 0.650. The summed E-state index contributed by atoms with van der Waals surface area (Å²) in [6.07, 6.45) is 2.79. The van der Waals surface area contributed by atoms with Crippen molar-refractivity contribution in [1.82, 2.24) is 0 Å². The molecule has 0 aliphatic carbocycles. The quantitative estimate of drug-likeness (QED) is 0.701. The second-order valence-electron chi connectivity index (χ2n) is 7.76. The van der Waals surface area contributed by atoms with Gasteiger partial charge in [-0.1, -0.05) is 26.8 Å². The van der Waals surface area contributed by atoms with Gasteiger partial charge in [0.1, 0.15) is 5.75 Å². The van der Waals surface area contributed by atoms with E-state index in [1.54, 1.807) is 13.0 Å². The second-order valence-corrected chi connectivity index (χ2v) is 7.76. The Kier molecular flexibility index (Phi) is 6.84. The zero-order valence-electron chi connectivity index (χ0n) is 16.0. The normalized spacial score (nSPS) is 15.2. The van der Waals surface area contributed by atoms with E-state index < -0.39 is 6.61 Å². The molecule has 0 radical (unpaired) electrons. The number of anilines is 1. The summed E-state index contributed by atoms with van der Waals surface area (Å²) >= 11 is 0. The van der Waals surface area contributed by atoms with E-state index in [4.69, 9.17) is 4.74 Å². The highest BCUT2D eigenvalue weighted by Gasteiger charge is 2.30. The highest BCUT2D eigenvalue weighted by Crippen LogP contribution is 2.39. The third-order valence-corrected chi connectivity index (χ3v) is 4.90. The van der Waals surface area contributed by atoms with Gasteiger partial charge in [-0.3, -0.25) is 4.79 Å². The number of hydrogen-bond acceptors (Lipinski definition) is 4. The Morgan fingerprint density at radius 3 is 2.65 bits per heavy atom. The number of benzene rings is 1. The first-order valence-electron chi connectivity index (χ1n) is 9.21. The van der Waals surface area contributed by atoms with Crippen molar-refractivity contribution < 1.29 is 23.0 Å². The van der Waals surface area contributed by atoms with Crippen molar-refractivity contribution in [2.24, 2.45) is 11.3 Å². The number of ether oxygens (including phenoxy) is 2. The minimum absolute atomic E-state index is 0.0834. The highest BCUT2D eigenvalue weighted by molar-refractivity contribution is 5.70. The standard InChI is InChI=1S/C20H29F2NO3/c1-5-25-17(24)12-14(20(2,3)4)11-13-8-9-16(26-19(21)22)18-15(13)7-6-10-23-18/h8-9,14,19,23H,5-7,10-12H2,1-4H3. The van der Waals surface area contributed by atoms with Gasteiger partial charge < -0.3 is 14.8 Å². The molecule has 0 aromatic heterocycles. The van der Waals surface area contributed by atoms with Crippen LogP contribution in [0, 0.1) is 11.3 Å². The highest BCUT2D eigenvalue weighted by atomic mass is 19.3. The third-order valence-electron chi connectivity index (χ3n) is 4.90. The molecule has 2 rings (SSSR count). The van der Waals surface area contributed by atoms with Gasteiger partial charge in [0.25, 0.3) is 0 Å². The molecule has 1 aromatic rings. The Hall–Kier alpha value is -1.85. The summed E-state index contributed by atoms with van der Waals surface area (Å²) in [5, 5.41) is 3.20. The van der Waals surface area contributed by atoms with Crippen molar-refractivity contribution in [3.8, 4) is 5.75 Å². The van der Waals surface area contributed by atoms with E-state index in [9.17, 15) is 13.6 Å². The molecule has 4 nitrogen and oxygen atoms in total. The summed E-state index contributed by atoms with van der Waals surface area (Å²) in [5.41, 5.74) is 2.68. The molecule has 1 atom stereocenters. The lowest BCUT2D eigenvalue weighted by Gasteiger charge is -2.32. The molecule has 1 N–H and O–H groups in total. The average molecular weight is 369 g/mol. The van der Waals surface area contributed by atoms with Crippen LogP contribution < -0.4 is 10.1 Å². The maximum atomic E-state index is 12.7. The number of fused-ring (bicyclic) bond motifs is 1. The number of nitrogens with one attached hydrogen (secondary N) is 1. The van der Waals surface area contributed by atoms with E-state index in [1.165, 1.54) is 0 Å². The summed E-state index contributed by atoms with van der Waals surface area (Å²) in [4.78, 5) is 12.0. The number of esters is 1. The van der Waals surface area contributed by atoms with Crippen molar-refractivity contribution >= 4 is 11.7 Å². The van der Waals surface area contributed by atoms with Gasteiger partial charge in [0.15, 0.2) is 0 Å². The molecule has 0 bridgehead atoms. The van der Waals surface area contributed by atoms with Gasteiger partial charge in [-0.05, 0) is 54.7 Å². The minimum atomic E-state index is -2.85. The monoisotopic (exact) mass is 369 g/mol. The van der Waals surface area contributed by atoms with Gasteiger partial charge in [0.2, 0.25) is 0 Å². The number of rotatable bonds is 7. The predicted molar refractivity (Wildman–Crippen MR) is 97.8 cm³/mol. The first kappa shape index (κ1) is 20.5. The zero-order valence-corrected chi connectivity index (χ0v) is 16.0. The van der Waals surface area contributed by atoms with Crippen LogP contribution in [0.2, 0.25) is 0 Å². The Morgan fingerprint density at radius 1 is 1.31 bits per heavy atom. The number of hydrogen-bond donors (Lipinski definition) is 1. The molecular formula is C20H29F2NO3. The molecule has 6 heteroatoms. The molecule has 0 fully saturated rings. The summed E-state index contributed by atoms with van der Waals surface area (Å²) in [7, 11) is 0. The van der Waals surface area contributed by atoms with Gasteiger partial charge in [-0.15, -0.1) is 0 Å². The molecule has 1 aliphatic rings. The maximum Gasteiger partial charge on any atom is 0.387 e. The summed E-state index contributed by atoms with van der Waals surface area (Å²) in [6, 6.07) is 3.45. The van der Waals surface area contributed by atoms with Crippen LogP contribution in [0.4, 0.5) is 14.5 Å². The maximum absolute atomic E-state index is 12.7. The number of carbonyl (C=O) groups excluding carboxylic acids is 1. The molecule has 0 saturated carbocycles. The van der Waals surface area contributed by atoms with Crippen molar-refractivity contribution in [2.75, 3.05) is 18.5 Å². The van der Waals surface area contributed by atoms with Crippen LogP contribution in [0.25, 0.3) is 0 Å². The number of alkyl halides is 2. The Morgan fingerprint density at radius 2 is 2.04 bits per heavy atom. The van der Waals surface area contributed by atoms with E-state index in [0.717, 1.165) is 30.5 Å². The van der Waals surface area contributed by atoms with Crippen LogP contribution in [-0.4, -0.2) is 25.7 Å². The summed E-state index contributed by atoms with van der Waals surface area (Å²) in [6.45, 7) is 6.38. The number of halogens is 2. The van der Waals surface area contributed by atoms with Crippen LogP contribution in [0.3, 0.4) is 0 Å². The van der Waals surface area contributed by atoms with E-state index in [-0.39, 0.29) is 23.1 Å². The molecule has 1 heterocycles. The fourth-order valence-electron chi connectivity index (χ4n) is 3.38. The van der Waals surface area contributed by atoms with Crippen LogP contribution in [-0.2, 0) is 22.4 Å². The molecule has 26 heavy (non-hydrogen) atoms. The Balaban J connectivity index is 2.29. The minimum Gasteiger partial charge on any atom is -0.466 e. The molecule has 1 aromatic carbocycles. The molecule has 0 saturated heterocycles. The van der Waals surface area contributed by atoms with E-state index in [0.29, 0.717) is 25.1 Å². The SMILES string of the molecule is CCOC(=O)CC(Cc1ccc(OC(F)F)c2c1CCCN2)C(C)(C)C. The van der Waals surface area contributed by atoms with E-state index in [2.05, 4.69) is 30.8 Å². The first-order valence-corrected chi connectivity index (χ1v) is 9.21. The smallest absolute Gasteiger partial charge is 0.387 e. The van der Waals surface area contributed by atoms with Gasteiger partial charge in [-0.2, -0.15) is 8.78 Å².